The van der Waals surface area contributed by atoms with Crippen LogP contribution < -0.4 is 5.32 Å². The molecule has 0 atom stereocenters. The molecule has 0 aromatic heterocycles. The third-order valence-electron chi connectivity index (χ3n) is 2.54. The molecular formula is C13H12ClNO3S. The smallest absolute Gasteiger partial charge is 0.294 e. The van der Waals surface area contributed by atoms with Crippen LogP contribution in [0.2, 0.25) is 5.02 Å². The molecule has 2 N–H and O–H groups in total. The summed E-state index contributed by atoms with van der Waals surface area (Å²) in [7, 11) is -4.14. The van der Waals surface area contributed by atoms with E-state index in [0.29, 0.717) is 11.6 Å². The Morgan fingerprint density at radius 2 is 1.79 bits per heavy atom. The number of halogens is 1. The number of anilines is 1. The third-order valence-corrected chi connectivity index (χ3v) is 3.64. The normalized spacial score (nSPS) is 11.3. The van der Waals surface area contributed by atoms with Crippen molar-refractivity contribution in [3.63, 3.8) is 0 Å². The highest BCUT2D eigenvalue weighted by atomic mass is 35.5. The van der Waals surface area contributed by atoms with Gasteiger partial charge in [-0.1, -0.05) is 23.7 Å². The molecule has 2 rings (SSSR count). The summed E-state index contributed by atoms with van der Waals surface area (Å²) in [5, 5.41) is 3.80. The van der Waals surface area contributed by atoms with Gasteiger partial charge in [-0.3, -0.25) is 4.55 Å². The fourth-order valence-corrected chi connectivity index (χ4v) is 2.29. The van der Waals surface area contributed by atoms with Crippen LogP contribution >= 0.6 is 11.6 Å². The molecule has 0 heterocycles. The molecule has 0 unspecified atom stereocenters. The predicted octanol–water partition coefficient (Wildman–Crippen LogP) is 3.20. The Hall–Kier alpha value is -1.56. The summed E-state index contributed by atoms with van der Waals surface area (Å²) >= 11 is 5.88. The Morgan fingerprint density at radius 1 is 1.11 bits per heavy atom. The van der Waals surface area contributed by atoms with Crippen molar-refractivity contribution >= 4 is 27.4 Å². The van der Waals surface area contributed by atoms with E-state index < -0.39 is 10.1 Å². The van der Waals surface area contributed by atoms with E-state index in [1.54, 1.807) is 18.2 Å². The zero-order valence-corrected chi connectivity index (χ0v) is 11.4. The molecule has 0 spiro atoms. The summed E-state index contributed by atoms with van der Waals surface area (Å²) < 4.78 is 30.6. The first-order chi connectivity index (χ1) is 8.95. The minimum atomic E-state index is -4.14. The van der Waals surface area contributed by atoms with Gasteiger partial charge in [-0.2, -0.15) is 8.42 Å². The molecule has 2 aromatic rings. The highest BCUT2D eigenvalue weighted by molar-refractivity contribution is 7.85. The van der Waals surface area contributed by atoms with Crippen molar-refractivity contribution in [2.24, 2.45) is 0 Å². The van der Waals surface area contributed by atoms with E-state index in [1.807, 2.05) is 18.2 Å². The van der Waals surface area contributed by atoms with Gasteiger partial charge in [-0.15, -0.1) is 0 Å². The maximum absolute atomic E-state index is 10.9. The summed E-state index contributed by atoms with van der Waals surface area (Å²) in [4.78, 5) is -0.124. The van der Waals surface area contributed by atoms with Gasteiger partial charge in [0, 0.05) is 17.3 Å². The first kappa shape index (κ1) is 13.9. The molecule has 0 aliphatic heterocycles. The van der Waals surface area contributed by atoms with Crippen LogP contribution in [-0.2, 0) is 16.7 Å². The van der Waals surface area contributed by atoms with Gasteiger partial charge in [0.25, 0.3) is 10.1 Å². The van der Waals surface area contributed by atoms with Gasteiger partial charge in [0.1, 0.15) is 0 Å². The van der Waals surface area contributed by atoms with E-state index in [0.717, 1.165) is 11.3 Å². The highest BCUT2D eigenvalue weighted by Gasteiger charge is 2.08. The van der Waals surface area contributed by atoms with Crippen LogP contribution in [0.15, 0.2) is 53.4 Å². The van der Waals surface area contributed by atoms with Crippen molar-refractivity contribution < 1.29 is 13.0 Å². The van der Waals surface area contributed by atoms with Crippen LogP contribution in [0.4, 0.5) is 5.69 Å². The average molecular weight is 298 g/mol. The maximum Gasteiger partial charge on any atom is 0.294 e. The average Bonchev–Trinajstić information content (AvgIpc) is 2.36. The molecule has 0 amide bonds. The Bertz CT molecular complexity index is 669. The monoisotopic (exact) mass is 297 g/mol. The molecule has 0 fully saturated rings. The third kappa shape index (κ3) is 3.96. The fourth-order valence-electron chi connectivity index (χ4n) is 1.60. The van der Waals surface area contributed by atoms with Crippen molar-refractivity contribution in [3.05, 3.63) is 59.1 Å². The van der Waals surface area contributed by atoms with E-state index >= 15 is 0 Å². The number of nitrogens with one attached hydrogen (secondary N) is 1. The van der Waals surface area contributed by atoms with Gasteiger partial charge in [-0.25, -0.2) is 0 Å². The fraction of sp³-hybridized carbons (Fsp3) is 0.0769. The molecular weight excluding hydrogens is 286 g/mol. The summed E-state index contributed by atoms with van der Waals surface area (Å²) in [6, 6.07) is 13.3. The van der Waals surface area contributed by atoms with Gasteiger partial charge >= 0.3 is 0 Å². The molecule has 0 radical (unpaired) electrons. The van der Waals surface area contributed by atoms with Crippen LogP contribution in [0.5, 0.6) is 0 Å². The molecule has 0 saturated carbocycles. The lowest BCUT2D eigenvalue weighted by molar-refractivity contribution is 0.483. The van der Waals surface area contributed by atoms with E-state index in [9.17, 15) is 8.42 Å². The Labute approximate surface area is 116 Å². The number of rotatable bonds is 4. The Balaban J connectivity index is 2.05. The second kappa shape index (κ2) is 5.61. The van der Waals surface area contributed by atoms with Crippen molar-refractivity contribution in [3.8, 4) is 0 Å². The highest BCUT2D eigenvalue weighted by Crippen LogP contribution is 2.16. The topological polar surface area (TPSA) is 66.4 Å². The molecule has 6 heteroatoms. The second-order valence-corrected chi connectivity index (χ2v) is 5.84. The van der Waals surface area contributed by atoms with E-state index in [-0.39, 0.29) is 4.90 Å². The Morgan fingerprint density at radius 3 is 2.37 bits per heavy atom. The number of hydrogen-bond acceptors (Lipinski definition) is 3. The molecule has 0 aliphatic rings. The van der Waals surface area contributed by atoms with Gasteiger partial charge in [0.15, 0.2) is 0 Å². The first-order valence-corrected chi connectivity index (χ1v) is 7.33. The van der Waals surface area contributed by atoms with Crippen molar-refractivity contribution in [1.29, 1.82) is 0 Å². The second-order valence-electron chi connectivity index (χ2n) is 3.98. The lowest BCUT2D eigenvalue weighted by Gasteiger charge is -2.07. The van der Waals surface area contributed by atoms with E-state index in [2.05, 4.69) is 5.32 Å². The zero-order chi connectivity index (χ0) is 13.9. The van der Waals surface area contributed by atoms with Gasteiger partial charge in [0.2, 0.25) is 0 Å². The maximum atomic E-state index is 10.9. The number of benzene rings is 2. The number of hydrogen-bond donors (Lipinski definition) is 2. The SMILES string of the molecule is O=S(=O)(O)c1ccc(NCc2cccc(Cl)c2)cc1. The van der Waals surface area contributed by atoms with E-state index in [4.69, 9.17) is 16.2 Å². The Kier molecular flexibility index (Phi) is 4.09. The largest absolute Gasteiger partial charge is 0.381 e. The van der Waals surface area contributed by atoms with Crippen LogP contribution in [0.1, 0.15) is 5.56 Å². The standard InChI is InChI=1S/C13H12ClNO3S/c14-11-3-1-2-10(8-11)9-15-12-4-6-13(7-5-12)19(16,17)18/h1-8,15H,9H2,(H,16,17,18). The van der Waals surface area contributed by atoms with Gasteiger partial charge in [-0.05, 0) is 42.0 Å². The van der Waals surface area contributed by atoms with Crippen LogP contribution in [-0.4, -0.2) is 13.0 Å². The minimum absolute atomic E-state index is 0.124. The molecule has 4 nitrogen and oxygen atoms in total. The van der Waals surface area contributed by atoms with Crippen LogP contribution in [0.25, 0.3) is 0 Å². The van der Waals surface area contributed by atoms with Gasteiger partial charge < -0.3 is 5.32 Å². The summed E-state index contributed by atoms with van der Waals surface area (Å²) in [5.74, 6) is 0. The lowest BCUT2D eigenvalue weighted by Crippen LogP contribution is -2.01. The molecule has 0 bridgehead atoms. The quantitative estimate of drug-likeness (QED) is 0.851. The lowest BCUT2D eigenvalue weighted by atomic mass is 10.2. The minimum Gasteiger partial charge on any atom is -0.381 e. The summed E-state index contributed by atoms with van der Waals surface area (Å²) in [6.07, 6.45) is 0. The van der Waals surface area contributed by atoms with Crippen molar-refractivity contribution in [1.82, 2.24) is 0 Å². The molecule has 0 aliphatic carbocycles. The summed E-state index contributed by atoms with van der Waals surface area (Å²) in [5.41, 5.74) is 1.78. The molecule has 0 saturated heterocycles. The first-order valence-electron chi connectivity index (χ1n) is 5.51. The molecule has 19 heavy (non-hydrogen) atoms. The summed E-state index contributed by atoms with van der Waals surface area (Å²) in [6.45, 7) is 0.575. The predicted molar refractivity (Wildman–Crippen MR) is 75.0 cm³/mol. The van der Waals surface area contributed by atoms with E-state index in [1.165, 1.54) is 12.1 Å². The zero-order valence-electron chi connectivity index (χ0n) is 9.88. The van der Waals surface area contributed by atoms with Crippen LogP contribution in [0.3, 0.4) is 0 Å². The van der Waals surface area contributed by atoms with Gasteiger partial charge in [0.05, 0.1) is 4.90 Å². The van der Waals surface area contributed by atoms with Crippen LogP contribution in [0, 0.1) is 0 Å². The molecule has 100 valence electrons. The molecule has 2 aromatic carbocycles. The van der Waals surface area contributed by atoms with Crippen molar-refractivity contribution in [2.75, 3.05) is 5.32 Å². The van der Waals surface area contributed by atoms with Crippen molar-refractivity contribution in [2.45, 2.75) is 11.4 Å².